The van der Waals surface area contributed by atoms with Crippen molar-refractivity contribution in [3.8, 4) is 11.5 Å². The minimum absolute atomic E-state index is 0.0611. The predicted molar refractivity (Wildman–Crippen MR) is 125 cm³/mol. The number of methoxy groups -OCH3 is 1. The molecule has 0 aliphatic rings. The monoisotopic (exact) mass is 447 g/mol. The summed E-state index contributed by atoms with van der Waals surface area (Å²) in [4.78, 5) is 16.8. The van der Waals surface area contributed by atoms with Gasteiger partial charge in [0.1, 0.15) is 30.3 Å². The fraction of sp³-hybridized carbons (Fsp3) is 0.154. The van der Waals surface area contributed by atoms with Crippen LogP contribution in [0.25, 0.3) is 5.57 Å². The lowest BCUT2D eigenvalue weighted by atomic mass is 10.0. The van der Waals surface area contributed by atoms with E-state index in [-0.39, 0.29) is 12.2 Å². The summed E-state index contributed by atoms with van der Waals surface area (Å²) in [6.07, 6.45) is 2.80. The third kappa shape index (κ3) is 7.43. The molecular formula is C26H25NO6. The van der Waals surface area contributed by atoms with E-state index in [1.54, 1.807) is 18.3 Å². The van der Waals surface area contributed by atoms with Gasteiger partial charge in [-0.05, 0) is 41.0 Å². The summed E-state index contributed by atoms with van der Waals surface area (Å²) < 4.78 is 16.4. The third-order valence-electron chi connectivity index (χ3n) is 4.49. The van der Waals surface area contributed by atoms with Crippen molar-refractivity contribution in [1.82, 2.24) is 0 Å². The van der Waals surface area contributed by atoms with Crippen LogP contribution in [-0.2, 0) is 21.0 Å². The minimum atomic E-state index is -1.07. The number of hydrogen-bond acceptors (Lipinski definition) is 6. The van der Waals surface area contributed by atoms with E-state index in [1.165, 1.54) is 13.4 Å². The molecule has 3 aromatic rings. The van der Waals surface area contributed by atoms with Gasteiger partial charge >= 0.3 is 5.97 Å². The quantitative estimate of drug-likeness (QED) is 0.142. The zero-order valence-corrected chi connectivity index (χ0v) is 18.2. The van der Waals surface area contributed by atoms with Crippen LogP contribution < -0.4 is 9.47 Å². The Morgan fingerprint density at radius 1 is 0.909 bits per heavy atom. The van der Waals surface area contributed by atoms with Crippen LogP contribution in [-0.4, -0.2) is 37.6 Å². The highest BCUT2D eigenvalue weighted by atomic mass is 16.6. The van der Waals surface area contributed by atoms with E-state index in [1.807, 2.05) is 66.7 Å². The van der Waals surface area contributed by atoms with Crippen LogP contribution in [0.4, 0.5) is 0 Å². The van der Waals surface area contributed by atoms with Gasteiger partial charge in [0.15, 0.2) is 6.61 Å². The van der Waals surface area contributed by atoms with E-state index < -0.39 is 5.97 Å². The van der Waals surface area contributed by atoms with Crippen LogP contribution in [0.15, 0.2) is 90.3 Å². The van der Waals surface area contributed by atoms with E-state index in [0.29, 0.717) is 24.5 Å². The van der Waals surface area contributed by atoms with Crippen LogP contribution in [0.3, 0.4) is 0 Å². The third-order valence-corrected chi connectivity index (χ3v) is 4.49. The predicted octanol–water partition coefficient (Wildman–Crippen LogP) is 4.77. The number of oxime groups is 1. The molecule has 0 amide bonds. The molecule has 1 N–H and O–H groups in total. The van der Waals surface area contributed by atoms with Crippen molar-refractivity contribution < 1.29 is 28.9 Å². The van der Waals surface area contributed by atoms with Crippen molar-refractivity contribution in [2.75, 3.05) is 20.3 Å². The molecule has 0 fully saturated rings. The number of hydrogen-bond donors (Lipinski definition) is 1. The zero-order chi connectivity index (χ0) is 23.3. The van der Waals surface area contributed by atoms with Gasteiger partial charge in [-0.15, -0.1) is 0 Å². The molecule has 0 saturated carbocycles. The fourth-order valence-corrected chi connectivity index (χ4v) is 2.97. The Morgan fingerprint density at radius 3 is 2.45 bits per heavy atom. The molecule has 0 bridgehead atoms. The second-order valence-electron chi connectivity index (χ2n) is 6.82. The molecule has 0 unspecified atom stereocenters. The van der Waals surface area contributed by atoms with Crippen molar-refractivity contribution in [2.24, 2.45) is 5.16 Å². The normalized spacial score (nSPS) is 11.2. The van der Waals surface area contributed by atoms with Gasteiger partial charge < -0.3 is 24.2 Å². The highest BCUT2D eigenvalue weighted by Crippen LogP contribution is 2.22. The molecule has 0 atom stereocenters. The van der Waals surface area contributed by atoms with E-state index >= 15 is 0 Å². The Morgan fingerprint density at radius 2 is 1.67 bits per heavy atom. The zero-order valence-electron chi connectivity index (χ0n) is 18.2. The van der Waals surface area contributed by atoms with Crippen LogP contribution in [0, 0.1) is 0 Å². The Kier molecular flexibility index (Phi) is 8.91. The molecule has 0 radical (unpaired) electrons. The van der Waals surface area contributed by atoms with Gasteiger partial charge in [-0.3, -0.25) is 0 Å². The lowest BCUT2D eigenvalue weighted by Crippen LogP contribution is -2.06. The van der Waals surface area contributed by atoms with Gasteiger partial charge in [0.25, 0.3) is 0 Å². The first-order chi connectivity index (χ1) is 16.2. The maximum absolute atomic E-state index is 11.6. The van der Waals surface area contributed by atoms with Gasteiger partial charge in [-0.25, -0.2) is 4.79 Å². The SMILES string of the molecule is COC=C(C(=O)O)c1ccccc1COc1cccc(C=NOCCOc2ccccc2)c1. The molecule has 3 rings (SSSR count). The van der Waals surface area contributed by atoms with Crippen molar-refractivity contribution in [1.29, 1.82) is 0 Å². The minimum Gasteiger partial charge on any atom is -0.503 e. The van der Waals surface area contributed by atoms with Crippen molar-refractivity contribution >= 4 is 17.8 Å². The Bertz CT molecular complexity index is 1090. The molecular weight excluding hydrogens is 422 g/mol. The molecule has 3 aromatic carbocycles. The first-order valence-electron chi connectivity index (χ1n) is 10.3. The average molecular weight is 447 g/mol. The molecule has 170 valence electrons. The molecule has 0 saturated heterocycles. The van der Waals surface area contributed by atoms with Crippen LogP contribution in [0.2, 0.25) is 0 Å². The van der Waals surface area contributed by atoms with Crippen molar-refractivity contribution in [3.63, 3.8) is 0 Å². The largest absolute Gasteiger partial charge is 0.503 e. The summed E-state index contributed by atoms with van der Waals surface area (Å²) in [5.74, 6) is 0.329. The van der Waals surface area contributed by atoms with Gasteiger partial charge in [-0.2, -0.15) is 0 Å². The molecule has 7 nitrogen and oxygen atoms in total. The molecule has 0 aliphatic carbocycles. The van der Waals surface area contributed by atoms with Gasteiger partial charge in [0.05, 0.1) is 19.6 Å². The summed E-state index contributed by atoms with van der Waals surface area (Å²) in [7, 11) is 1.41. The van der Waals surface area contributed by atoms with Gasteiger partial charge in [0, 0.05) is 0 Å². The van der Waals surface area contributed by atoms with Crippen LogP contribution in [0.1, 0.15) is 16.7 Å². The summed E-state index contributed by atoms with van der Waals surface area (Å²) >= 11 is 0. The second kappa shape index (κ2) is 12.6. The van der Waals surface area contributed by atoms with Gasteiger partial charge in [0.2, 0.25) is 0 Å². The number of ether oxygens (including phenoxy) is 3. The number of aliphatic carboxylic acids is 1. The first-order valence-corrected chi connectivity index (χ1v) is 10.3. The van der Waals surface area contributed by atoms with E-state index in [9.17, 15) is 9.90 Å². The lowest BCUT2D eigenvalue weighted by Gasteiger charge is -2.12. The summed E-state index contributed by atoms with van der Waals surface area (Å²) in [5, 5.41) is 13.4. The van der Waals surface area contributed by atoms with E-state index in [4.69, 9.17) is 19.0 Å². The van der Waals surface area contributed by atoms with Crippen molar-refractivity contribution in [3.05, 3.63) is 102 Å². The number of benzene rings is 3. The van der Waals surface area contributed by atoms with E-state index in [2.05, 4.69) is 5.16 Å². The standard InChI is InChI=1S/C26H25NO6/c1-30-19-25(26(28)29)24-13-6-5-9-21(24)18-32-23-12-7-8-20(16-23)17-27-33-15-14-31-22-10-3-2-4-11-22/h2-13,16-17,19H,14-15,18H2,1H3,(H,28,29). The first kappa shape index (κ1) is 23.4. The molecule has 0 spiro atoms. The average Bonchev–Trinajstić information content (AvgIpc) is 2.84. The molecule has 7 heteroatoms. The van der Waals surface area contributed by atoms with Crippen LogP contribution in [0.5, 0.6) is 11.5 Å². The maximum Gasteiger partial charge on any atom is 0.339 e. The topological polar surface area (TPSA) is 86.6 Å². The smallest absolute Gasteiger partial charge is 0.339 e. The Labute approximate surface area is 192 Å². The molecule has 33 heavy (non-hydrogen) atoms. The Balaban J connectivity index is 1.54. The number of carboxylic acids is 1. The van der Waals surface area contributed by atoms with Gasteiger partial charge in [-0.1, -0.05) is 59.8 Å². The number of rotatable bonds is 12. The summed E-state index contributed by atoms with van der Waals surface area (Å²) in [5.41, 5.74) is 2.13. The van der Waals surface area contributed by atoms with Crippen LogP contribution >= 0.6 is 0 Å². The second-order valence-corrected chi connectivity index (χ2v) is 6.82. The lowest BCUT2D eigenvalue weighted by molar-refractivity contribution is -0.130. The fourth-order valence-electron chi connectivity index (χ4n) is 2.97. The Hall–Kier alpha value is -4.26. The van der Waals surface area contributed by atoms with E-state index in [0.717, 1.165) is 16.9 Å². The highest BCUT2D eigenvalue weighted by molar-refractivity contribution is 6.15. The number of carbonyl (C=O) groups is 1. The molecule has 0 aliphatic heterocycles. The summed E-state index contributed by atoms with van der Waals surface area (Å²) in [6, 6.07) is 24.0. The number of para-hydroxylation sites is 1. The maximum atomic E-state index is 11.6. The number of carboxylic acid groups (broad SMARTS) is 1. The highest BCUT2D eigenvalue weighted by Gasteiger charge is 2.15. The number of nitrogens with zero attached hydrogens (tertiary/aromatic N) is 1. The summed E-state index contributed by atoms with van der Waals surface area (Å²) in [6.45, 7) is 0.900. The molecule has 0 heterocycles. The molecule has 0 aromatic heterocycles. The van der Waals surface area contributed by atoms with Crippen molar-refractivity contribution in [2.45, 2.75) is 6.61 Å².